The van der Waals surface area contributed by atoms with Crippen molar-refractivity contribution in [2.24, 2.45) is 0 Å². The van der Waals surface area contributed by atoms with Crippen molar-refractivity contribution in [2.75, 3.05) is 0 Å². The molecule has 0 aliphatic rings. The lowest BCUT2D eigenvalue weighted by Crippen LogP contribution is -2.07. The lowest BCUT2D eigenvalue weighted by molar-refractivity contribution is 0.669. The molecule has 14 aromatic rings. The highest BCUT2D eigenvalue weighted by molar-refractivity contribution is 7.26. The fourth-order valence-corrected chi connectivity index (χ4v) is 11.4. The van der Waals surface area contributed by atoms with Gasteiger partial charge in [0.05, 0.1) is 11.0 Å². The van der Waals surface area contributed by atoms with E-state index in [0.717, 1.165) is 87.9 Å². The van der Waals surface area contributed by atoms with Gasteiger partial charge in [-0.2, -0.15) is 9.97 Å². The van der Waals surface area contributed by atoms with Crippen molar-refractivity contribution in [3.05, 3.63) is 218 Å². The zero-order chi connectivity index (χ0) is 44.0. The minimum atomic E-state index is 0.539. The Bertz CT molecular complexity index is 4300. The number of aromatic nitrogens is 4. The van der Waals surface area contributed by atoms with E-state index in [1.54, 1.807) is 0 Å². The Kier molecular flexibility index (Phi) is 8.38. The van der Waals surface area contributed by atoms with Crippen LogP contribution in [-0.2, 0) is 0 Å². The van der Waals surface area contributed by atoms with Crippen LogP contribution in [0.1, 0.15) is 0 Å². The zero-order valence-electron chi connectivity index (χ0n) is 35.9. The Morgan fingerprint density at radius 1 is 0.343 bits per heavy atom. The van der Waals surface area contributed by atoms with Crippen molar-refractivity contribution in [1.82, 2.24) is 19.5 Å². The van der Waals surface area contributed by atoms with E-state index >= 15 is 0 Å². The minimum absolute atomic E-state index is 0.539. The molecule has 0 saturated heterocycles. The topological polar surface area (TPSA) is 56.7 Å². The van der Waals surface area contributed by atoms with E-state index in [1.807, 2.05) is 47.7 Å². The van der Waals surface area contributed by atoms with Crippen LogP contribution >= 0.6 is 11.3 Å². The van der Waals surface area contributed by atoms with Gasteiger partial charge in [-0.15, -0.1) is 11.3 Å². The van der Waals surface area contributed by atoms with Crippen molar-refractivity contribution >= 4 is 86.0 Å². The summed E-state index contributed by atoms with van der Waals surface area (Å²) in [5, 5.41) is 9.25. The number of rotatable bonds is 6. The van der Waals surface area contributed by atoms with Gasteiger partial charge < -0.3 is 4.42 Å². The predicted molar refractivity (Wildman–Crippen MR) is 279 cm³/mol. The monoisotopic (exact) mass is 872 g/mol. The second-order valence-electron chi connectivity index (χ2n) is 17.1. The first-order valence-corrected chi connectivity index (χ1v) is 23.3. The summed E-state index contributed by atoms with van der Waals surface area (Å²) in [4.78, 5) is 16.0. The van der Waals surface area contributed by atoms with Gasteiger partial charge in [-0.05, 0) is 69.6 Å². The number of fused-ring (bicyclic) bond motifs is 11. The molecule has 0 atom stereocenters. The highest BCUT2D eigenvalue weighted by Gasteiger charge is 2.23. The largest absolute Gasteiger partial charge is 0.456 e. The number of thiophene rings is 1. The van der Waals surface area contributed by atoms with E-state index < -0.39 is 0 Å². The number of para-hydroxylation sites is 2. The smallest absolute Gasteiger partial charge is 0.238 e. The third-order valence-corrected chi connectivity index (χ3v) is 14.5. The standard InChI is InChI=1S/C61H36N4OS/c1-2-15-38(16-3-1)59-62-60(43-31-32-48-47-22-6-8-28-53(47)66-54(48)36-43)64-61(63-59)65-56-44-21-5-4-14-37(44)30-33-51(56)50-26-12-24-45(57(50)65)41-19-10-17-39(34-41)40-18-11-20-42(35-40)46-25-13-27-52-49-23-7-9-29-55(49)67-58(46)52/h1-36H. The van der Waals surface area contributed by atoms with Gasteiger partial charge in [0, 0.05) is 63.8 Å². The summed E-state index contributed by atoms with van der Waals surface area (Å²) in [7, 11) is 0. The average molecular weight is 873 g/mol. The van der Waals surface area contributed by atoms with Gasteiger partial charge in [0.1, 0.15) is 11.2 Å². The number of hydrogen-bond donors (Lipinski definition) is 0. The first-order valence-electron chi connectivity index (χ1n) is 22.5. The molecule has 0 spiro atoms. The number of hydrogen-bond acceptors (Lipinski definition) is 5. The van der Waals surface area contributed by atoms with Crippen LogP contribution < -0.4 is 0 Å². The maximum absolute atomic E-state index is 6.38. The highest BCUT2D eigenvalue weighted by atomic mass is 32.1. The molecule has 0 unspecified atom stereocenters. The lowest BCUT2D eigenvalue weighted by atomic mass is 9.95. The van der Waals surface area contributed by atoms with Crippen LogP contribution in [0, 0.1) is 0 Å². The molecular formula is C61H36N4OS. The van der Waals surface area contributed by atoms with Crippen LogP contribution in [-0.4, -0.2) is 19.5 Å². The Balaban J connectivity index is 0.985. The summed E-state index contributed by atoms with van der Waals surface area (Å²) in [6.07, 6.45) is 0. The average Bonchev–Trinajstić information content (AvgIpc) is 4.08. The summed E-state index contributed by atoms with van der Waals surface area (Å²) < 4.78 is 11.3. The van der Waals surface area contributed by atoms with Crippen molar-refractivity contribution in [3.63, 3.8) is 0 Å². The van der Waals surface area contributed by atoms with E-state index in [-0.39, 0.29) is 0 Å². The fraction of sp³-hybridized carbons (Fsp3) is 0. The molecule has 0 fully saturated rings. The van der Waals surface area contributed by atoms with Crippen molar-refractivity contribution in [2.45, 2.75) is 0 Å². The maximum atomic E-state index is 6.38. The molecule has 4 aromatic heterocycles. The third-order valence-electron chi connectivity index (χ3n) is 13.3. The predicted octanol–water partition coefficient (Wildman–Crippen LogP) is 16.7. The van der Waals surface area contributed by atoms with Gasteiger partial charge >= 0.3 is 0 Å². The Labute approximate surface area is 388 Å². The van der Waals surface area contributed by atoms with E-state index in [0.29, 0.717) is 17.6 Å². The van der Waals surface area contributed by atoms with Gasteiger partial charge in [-0.25, -0.2) is 4.98 Å². The van der Waals surface area contributed by atoms with Crippen LogP contribution in [0.3, 0.4) is 0 Å². The van der Waals surface area contributed by atoms with Gasteiger partial charge in [-0.1, -0.05) is 182 Å². The van der Waals surface area contributed by atoms with E-state index in [9.17, 15) is 0 Å². The van der Waals surface area contributed by atoms with Gasteiger partial charge in [0.15, 0.2) is 11.6 Å². The van der Waals surface area contributed by atoms with Gasteiger partial charge in [-0.3, -0.25) is 4.57 Å². The van der Waals surface area contributed by atoms with E-state index in [2.05, 4.69) is 187 Å². The zero-order valence-corrected chi connectivity index (χ0v) is 36.7. The van der Waals surface area contributed by atoms with E-state index in [4.69, 9.17) is 19.4 Å². The van der Waals surface area contributed by atoms with Crippen molar-refractivity contribution in [3.8, 4) is 62.1 Å². The molecule has 5 nitrogen and oxygen atoms in total. The molecular weight excluding hydrogens is 837 g/mol. The lowest BCUT2D eigenvalue weighted by Gasteiger charge is -2.14. The Morgan fingerprint density at radius 2 is 0.925 bits per heavy atom. The molecule has 4 heterocycles. The number of furan rings is 1. The molecule has 312 valence electrons. The van der Waals surface area contributed by atoms with Crippen LogP contribution in [0.15, 0.2) is 223 Å². The summed E-state index contributed by atoms with van der Waals surface area (Å²) in [5.41, 5.74) is 12.4. The van der Waals surface area contributed by atoms with E-state index in [1.165, 1.54) is 31.3 Å². The van der Waals surface area contributed by atoms with Crippen LogP contribution in [0.2, 0.25) is 0 Å². The van der Waals surface area contributed by atoms with Crippen LogP contribution in [0.5, 0.6) is 0 Å². The first-order chi connectivity index (χ1) is 33.2. The number of nitrogens with zero attached hydrogens (tertiary/aromatic N) is 4. The Hall–Kier alpha value is -8.71. The van der Waals surface area contributed by atoms with Gasteiger partial charge in [0.2, 0.25) is 5.95 Å². The minimum Gasteiger partial charge on any atom is -0.456 e. The first kappa shape index (κ1) is 37.6. The Morgan fingerprint density at radius 3 is 1.76 bits per heavy atom. The van der Waals surface area contributed by atoms with Crippen molar-refractivity contribution < 1.29 is 4.42 Å². The molecule has 0 aliphatic carbocycles. The molecule has 0 bridgehead atoms. The fourth-order valence-electron chi connectivity index (χ4n) is 10.1. The molecule has 0 radical (unpaired) electrons. The summed E-state index contributed by atoms with van der Waals surface area (Å²) in [6.45, 7) is 0. The molecule has 14 rings (SSSR count). The molecule has 0 saturated carbocycles. The number of benzene rings is 10. The van der Waals surface area contributed by atoms with Gasteiger partial charge in [0.25, 0.3) is 0 Å². The summed E-state index contributed by atoms with van der Waals surface area (Å²) in [6, 6.07) is 77.6. The SMILES string of the molecule is c1ccc(-c2nc(-c3ccc4c(c3)oc3ccccc34)nc(-n3c4c(-c5cccc(-c6cccc(-c7cccc8c7sc7ccccc78)c6)c5)cccc4c4ccc5ccccc5c43)n2)cc1. The normalized spacial score (nSPS) is 11.9. The third kappa shape index (κ3) is 6.04. The molecule has 0 N–H and O–H groups in total. The highest BCUT2D eigenvalue weighted by Crippen LogP contribution is 2.44. The second kappa shape index (κ2) is 14.9. The molecule has 6 heteroatoms. The maximum Gasteiger partial charge on any atom is 0.238 e. The molecule has 67 heavy (non-hydrogen) atoms. The van der Waals surface area contributed by atoms with Crippen molar-refractivity contribution in [1.29, 1.82) is 0 Å². The molecule has 0 aliphatic heterocycles. The molecule has 0 amide bonds. The quantitative estimate of drug-likeness (QED) is 0.167. The second-order valence-corrected chi connectivity index (χ2v) is 18.2. The van der Waals surface area contributed by atoms with Crippen LogP contribution in [0.4, 0.5) is 0 Å². The summed E-state index contributed by atoms with van der Waals surface area (Å²) in [5.74, 6) is 1.69. The van der Waals surface area contributed by atoms with Crippen LogP contribution in [0.25, 0.3) is 137 Å². The summed E-state index contributed by atoms with van der Waals surface area (Å²) >= 11 is 1.87. The molecule has 10 aromatic carbocycles.